The first-order valence-electron chi connectivity index (χ1n) is 6.06. The Labute approximate surface area is 122 Å². The number of hydrogen-bond donors (Lipinski definition) is 2. The molecule has 0 saturated heterocycles. The zero-order valence-electron chi connectivity index (χ0n) is 11.0. The van der Waals surface area contributed by atoms with Gasteiger partial charge in [-0.1, -0.05) is 24.4 Å². The summed E-state index contributed by atoms with van der Waals surface area (Å²) in [4.78, 5) is 0.164. The number of benzene rings is 2. The molecule has 0 saturated carbocycles. The highest BCUT2D eigenvalue weighted by Gasteiger charge is 2.07. The molecule has 0 bridgehead atoms. The number of halogens is 1. The summed E-state index contributed by atoms with van der Waals surface area (Å²) in [6.45, 7) is 0.568. The van der Waals surface area contributed by atoms with Gasteiger partial charge in [-0.2, -0.15) is 0 Å². The number of nitrogens with one attached hydrogen (secondary N) is 1. The highest BCUT2D eigenvalue weighted by Crippen LogP contribution is 2.19. The maximum Gasteiger partial charge on any atom is 0.124 e. The molecule has 3 nitrogen and oxygen atoms in total. The van der Waals surface area contributed by atoms with Crippen LogP contribution in [-0.2, 0) is 6.54 Å². The lowest BCUT2D eigenvalue weighted by Gasteiger charge is -2.12. The average molecular weight is 290 g/mol. The molecule has 0 atom stereocenters. The summed E-state index contributed by atoms with van der Waals surface area (Å²) in [6.07, 6.45) is 0. The van der Waals surface area contributed by atoms with Crippen molar-refractivity contribution in [2.75, 3.05) is 12.4 Å². The van der Waals surface area contributed by atoms with Crippen LogP contribution in [-0.4, -0.2) is 12.1 Å². The Kier molecular flexibility index (Phi) is 4.53. The van der Waals surface area contributed by atoms with Crippen LogP contribution in [0.1, 0.15) is 11.1 Å². The molecule has 0 unspecified atom stereocenters. The molecule has 0 fully saturated rings. The third-order valence-electron chi connectivity index (χ3n) is 2.86. The molecule has 3 N–H and O–H groups in total. The van der Waals surface area contributed by atoms with E-state index in [0.717, 1.165) is 11.3 Å². The second kappa shape index (κ2) is 6.34. The molecule has 0 aliphatic rings. The zero-order chi connectivity index (χ0) is 14.5. The maximum atomic E-state index is 13.2. The minimum absolute atomic E-state index is 0.164. The number of anilines is 1. The van der Waals surface area contributed by atoms with Crippen LogP contribution in [0, 0.1) is 5.82 Å². The quantitative estimate of drug-likeness (QED) is 0.831. The van der Waals surface area contributed by atoms with E-state index in [4.69, 9.17) is 22.7 Å². The van der Waals surface area contributed by atoms with Crippen LogP contribution in [0.3, 0.4) is 0 Å². The molecule has 104 valence electrons. The first-order valence-corrected chi connectivity index (χ1v) is 6.47. The van der Waals surface area contributed by atoms with Gasteiger partial charge in [0.1, 0.15) is 16.6 Å². The summed E-state index contributed by atoms with van der Waals surface area (Å²) in [5, 5.41) is 3.20. The molecule has 20 heavy (non-hydrogen) atoms. The second-order valence-corrected chi connectivity index (χ2v) is 4.70. The molecule has 0 spiro atoms. The normalized spacial score (nSPS) is 10.1. The summed E-state index contributed by atoms with van der Waals surface area (Å²) in [5.74, 6) is 0.428. The standard InChI is InChI=1S/C15H15FN2OS/c1-19-12-4-2-3-10(7-12)9-18-14-6-5-11(16)8-13(14)15(17)20/h2-8,18H,9H2,1H3,(H2,17,20). The monoisotopic (exact) mass is 290 g/mol. The van der Waals surface area contributed by atoms with Gasteiger partial charge in [0.15, 0.2) is 0 Å². The second-order valence-electron chi connectivity index (χ2n) is 4.26. The van der Waals surface area contributed by atoms with Gasteiger partial charge >= 0.3 is 0 Å². The van der Waals surface area contributed by atoms with Gasteiger partial charge in [0.2, 0.25) is 0 Å². The van der Waals surface area contributed by atoms with Crippen molar-refractivity contribution < 1.29 is 9.13 Å². The van der Waals surface area contributed by atoms with Gasteiger partial charge in [-0.05, 0) is 35.9 Å². The van der Waals surface area contributed by atoms with Crippen LogP contribution in [0.15, 0.2) is 42.5 Å². The molecular formula is C15H15FN2OS. The number of hydrogen-bond acceptors (Lipinski definition) is 3. The Morgan fingerprint density at radius 3 is 2.80 bits per heavy atom. The first kappa shape index (κ1) is 14.3. The van der Waals surface area contributed by atoms with E-state index in [0.29, 0.717) is 17.8 Å². The first-order chi connectivity index (χ1) is 9.60. The van der Waals surface area contributed by atoms with E-state index in [9.17, 15) is 4.39 Å². The van der Waals surface area contributed by atoms with Gasteiger partial charge in [-0.3, -0.25) is 0 Å². The van der Waals surface area contributed by atoms with Gasteiger partial charge < -0.3 is 15.8 Å². The van der Waals surface area contributed by atoms with E-state index in [-0.39, 0.29) is 10.8 Å². The van der Waals surface area contributed by atoms with Crippen molar-refractivity contribution >= 4 is 22.9 Å². The lowest BCUT2D eigenvalue weighted by molar-refractivity contribution is 0.414. The highest BCUT2D eigenvalue weighted by atomic mass is 32.1. The minimum Gasteiger partial charge on any atom is -0.497 e. The van der Waals surface area contributed by atoms with Gasteiger partial charge in [-0.15, -0.1) is 0 Å². The molecular weight excluding hydrogens is 275 g/mol. The Bertz CT molecular complexity index is 631. The predicted molar refractivity (Wildman–Crippen MR) is 82.6 cm³/mol. The molecule has 2 rings (SSSR count). The van der Waals surface area contributed by atoms with Crippen molar-refractivity contribution in [3.05, 3.63) is 59.4 Å². The van der Waals surface area contributed by atoms with Crippen LogP contribution >= 0.6 is 12.2 Å². The smallest absolute Gasteiger partial charge is 0.124 e. The summed E-state index contributed by atoms with van der Waals surface area (Å²) in [7, 11) is 1.62. The summed E-state index contributed by atoms with van der Waals surface area (Å²) in [6, 6.07) is 12.0. The predicted octanol–water partition coefficient (Wildman–Crippen LogP) is 3.08. The van der Waals surface area contributed by atoms with E-state index in [1.165, 1.54) is 12.1 Å². The van der Waals surface area contributed by atoms with Crippen molar-refractivity contribution in [2.24, 2.45) is 5.73 Å². The van der Waals surface area contributed by atoms with Gasteiger partial charge in [0, 0.05) is 17.8 Å². The van der Waals surface area contributed by atoms with Crippen molar-refractivity contribution in [1.82, 2.24) is 0 Å². The Morgan fingerprint density at radius 1 is 1.30 bits per heavy atom. The minimum atomic E-state index is -0.361. The molecule has 0 aliphatic carbocycles. The van der Waals surface area contributed by atoms with Crippen molar-refractivity contribution in [3.63, 3.8) is 0 Å². The Balaban J connectivity index is 2.16. The molecule has 0 heterocycles. The average Bonchev–Trinajstić information content (AvgIpc) is 2.46. The molecule has 0 aromatic heterocycles. The maximum absolute atomic E-state index is 13.2. The van der Waals surface area contributed by atoms with Crippen LogP contribution in [0.5, 0.6) is 5.75 Å². The number of rotatable bonds is 5. The third-order valence-corrected chi connectivity index (χ3v) is 3.08. The van der Waals surface area contributed by atoms with Crippen LogP contribution < -0.4 is 15.8 Å². The van der Waals surface area contributed by atoms with E-state index in [1.807, 2.05) is 24.3 Å². The molecule has 5 heteroatoms. The summed E-state index contributed by atoms with van der Waals surface area (Å²) < 4.78 is 18.4. The topological polar surface area (TPSA) is 47.3 Å². The zero-order valence-corrected chi connectivity index (χ0v) is 11.8. The Hall–Kier alpha value is -2.14. The van der Waals surface area contributed by atoms with Gasteiger partial charge in [-0.25, -0.2) is 4.39 Å². The number of thiocarbonyl (C=S) groups is 1. The van der Waals surface area contributed by atoms with Crippen molar-refractivity contribution in [3.8, 4) is 5.75 Å². The van der Waals surface area contributed by atoms with E-state index < -0.39 is 0 Å². The third kappa shape index (κ3) is 3.45. The molecule has 0 radical (unpaired) electrons. The van der Waals surface area contributed by atoms with E-state index >= 15 is 0 Å². The van der Waals surface area contributed by atoms with Gasteiger partial charge in [0.05, 0.1) is 7.11 Å². The largest absolute Gasteiger partial charge is 0.497 e. The highest BCUT2D eigenvalue weighted by molar-refractivity contribution is 7.80. The van der Waals surface area contributed by atoms with Gasteiger partial charge in [0.25, 0.3) is 0 Å². The lowest BCUT2D eigenvalue weighted by atomic mass is 10.1. The van der Waals surface area contributed by atoms with E-state index in [2.05, 4.69) is 5.32 Å². The van der Waals surface area contributed by atoms with E-state index in [1.54, 1.807) is 13.2 Å². The fourth-order valence-corrected chi connectivity index (χ4v) is 2.02. The fourth-order valence-electron chi connectivity index (χ4n) is 1.85. The molecule has 2 aromatic rings. The SMILES string of the molecule is COc1cccc(CNc2ccc(F)cc2C(N)=S)c1. The summed E-state index contributed by atoms with van der Waals surface area (Å²) in [5.41, 5.74) is 7.86. The molecule has 2 aromatic carbocycles. The van der Waals surface area contributed by atoms with Crippen LogP contribution in [0.25, 0.3) is 0 Å². The van der Waals surface area contributed by atoms with Crippen LogP contribution in [0.2, 0.25) is 0 Å². The summed E-state index contributed by atoms with van der Waals surface area (Å²) >= 11 is 4.93. The molecule has 0 amide bonds. The number of nitrogens with two attached hydrogens (primary N) is 1. The molecule has 0 aliphatic heterocycles. The number of methoxy groups -OCH3 is 1. The van der Waals surface area contributed by atoms with Crippen LogP contribution in [0.4, 0.5) is 10.1 Å². The van der Waals surface area contributed by atoms with Crippen molar-refractivity contribution in [1.29, 1.82) is 0 Å². The Morgan fingerprint density at radius 2 is 2.10 bits per heavy atom. The fraction of sp³-hybridized carbons (Fsp3) is 0.133. The van der Waals surface area contributed by atoms with Crippen molar-refractivity contribution in [2.45, 2.75) is 6.54 Å². The number of ether oxygens (including phenoxy) is 1. The lowest BCUT2D eigenvalue weighted by Crippen LogP contribution is -2.13.